The van der Waals surface area contributed by atoms with Crippen LogP contribution in [-0.4, -0.2) is 6.54 Å². The highest BCUT2D eigenvalue weighted by atomic mass is 19.1. The molecule has 0 radical (unpaired) electrons. The summed E-state index contributed by atoms with van der Waals surface area (Å²) in [5.41, 5.74) is 11.3. The largest absolute Gasteiger partial charge is 0.341 e. The summed E-state index contributed by atoms with van der Waals surface area (Å²) in [7, 11) is 0. The molecule has 2 unspecified atom stereocenters. The average Bonchev–Trinajstić information content (AvgIpc) is 2.79. The first-order valence-electron chi connectivity index (χ1n) is 7.15. The van der Waals surface area contributed by atoms with Gasteiger partial charge in [0, 0.05) is 24.0 Å². The zero-order chi connectivity index (χ0) is 13.7. The van der Waals surface area contributed by atoms with Gasteiger partial charge in [-0.15, -0.1) is 0 Å². The summed E-state index contributed by atoms with van der Waals surface area (Å²) in [6.07, 6.45) is 2.18. The quantitative estimate of drug-likeness (QED) is 0.851. The molecule has 2 aromatic rings. The van der Waals surface area contributed by atoms with E-state index in [1.807, 2.05) is 12.1 Å². The van der Waals surface area contributed by atoms with Crippen molar-refractivity contribution in [1.82, 2.24) is 0 Å². The van der Waals surface area contributed by atoms with Gasteiger partial charge in [0.15, 0.2) is 0 Å². The Labute approximate surface area is 118 Å². The second kappa shape index (κ2) is 4.32. The van der Waals surface area contributed by atoms with Crippen molar-refractivity contribution in [2.24, 2.45) is 5.73 Å². The SMILES string of the molecule is NC1CC2CCN(c3ccc(F)cc3)c3cccc1c32. The van der Waals surface area contributed by atoms with E-state index in [9.17, 15) is 4.39 Å². The summed E-state index contributed by atoms with van der Waals surface area (Å²) in [6, 6.07) is 13.3. The molecule has 2 nitrogen and oxygen atoms in total. The van der Waals surface area contributed by atoms with E-state index >= 15 is 0 Å². The smallest absolute Gasteiger partial charge is 0.123 e. The van der Waals surface area contributed by atoms with Gasteiger partial charge in [-0.25, -0.2) is 4.39 Å². The van der Waals surface area contributed by atoms with Gasteiger partial charge in [-0.05, 0) is 60.2 Å². The molecule has 0 bridgehead atoms. The topological polar surface area (TPSA) is 29.3 Å². The molecule has 2 atom stereocenters. The van der Waals surface area contributed by atoms with Crippen LogP contribution in [0.3, 0.4) is 0 Å². The Kier molecular flexibility index (Phi) is 2.57. The van der Waals surface area contributed by atoms with Crippen LogP contribution in [0.1, 0.15) is 35.9 Å². The lowest BCUT2D eigenvalue weighted by Gasteiger charge is -2.34. The van der Waals surface area contributed by atoms with E-state index in [2.05, 4.69) is 23.1 Å². The molecule has 20 heavy (non-hydrogen) atoms. The summed E-state index contributed by atoms with van der Waals surface area (Å²) in [5.74, 6) is 0.400. The Hall–Kier alpha value is -1.87. The van der Waals surface area contributed by atoms with Gasteiger partial charge in [0.25, 0.3) is 0 Å². The van der Waals surface area contributed by atoms with E-state index in [1.165, 1.54) is 28.9 Å². The molecule has 0 amide bonds. The van der Waals surface area contributed by atoms with Crippen molar-refractivity contribution in [2.75, 3.05) is 11.4 Å². The van der Waals surface area contributed by atoms with Crippen LogP contribution in [-0.2, 0) is 0 Å². The molecule has 2 aliphatic rings. The molecule has 102 valence electrons. The minimum Gasteiger partial charge on any atom is -0.341 e. The van der Waals surface area contributed by atoms with Crippen LogP contribution in [0.25, 0.3) is 0 Å². The van der Waals surface area contributed by atoms with E-state index < -0.39 is 0 Å². The maximum Gasteiger partial charge on any atom is 0.123 e. The molecule has 0 fully saturated rings. The highest BCUT2D eigenvalue weighted by molar-refractivity contribution is 5.71. The van der Waals surface area contributed by atoms with Crippen LogP contribution < -0.4 is 10.6 Å². The van der Waals surface area contributed by atoms with Gasteiger partial charge in [0.05, 0.1) is 0 Å². The number of nitrogens with zero attached hydrogens (tertiary/aromatic N) is 1. The molecule has 0 spiro atoms. The van der Waals surface area contributed by atoms with Gasteiger partial charge >= 0.3 is 0 Å². The average molecular weight is 268 g/mol. The summed E-state index contributed by atoms with van der Waals surface area (Å²) < 4.78 is 13.1. The lowest BCUT2D eigenvalue weighted by Crippen LogP contribution is -2.26. The number of nitrogens with two attached hydrogens (primary N) is 1. The number of rotatable bonds is 1. The van der Waals surface area contributed by atoms with E-state index in [0.717, 1.165) is 25.1 Å². The number of halogens is 1. The lowest BCUT2D eigenvalue weighted by atomic mass is 9.91. The fourth-order valence-electron chi connectivity index (χ4n) is 3.68. The van der Waals surface area contributed by atoms with Crippen LogP contribution in [0.5, 0.6) is 0 Å². The van der Waals surface area contributed by atoms with Gasteiger partial charge in [0.1, 0.15) is 5.82 Å². The normalized spacial score (nSPS) is 23.8. The summed E-state index contributed by atoms with van der Waals surface area (Å²) in [5, 5.41) is 0. The van der Waals surface area contributed by atoms with Gasteiger partial charge in [-0.1, -0.05) is 12.1 Å². The first-order chi connectivity index (χ1) is 9.74. The van der Waals surface area contributed by atoms with E-state index in [-0.39, 0.29) is 11.9 Å². The van der Waals surface area contributed by atoms with E-state index in [0.29, 0.717) is 5.92 Å². The second-order valence-corrected chi connectivity index (χ2v) is 5.74. The molecule has 0 saturated carbocycles. The van der Waals surface area contributed by atoms with Crippen LogP contribution in [0.2, 0.25) is 0 Å². The fraction of sp³-hybridized carbons (Fsp3) is 0.294. The molecule has 4 rings (SSSR count). The summed E-state index contributed by atoms with van der Waals surface area (Å²) in [4.78, 5) is 2.28. The Morgan fingerprint density at radius 1 is 1.10 bits per heavy atom. The Morgan fingerprint density at radius 3 is 2.70 bits per heavy atom. The number of hydrogen-bond donors (Lipinski definition) is 1. The highest BCUT2D eigenvalue weighted by Gasteiger charge is 2.35. The van der Waals surface area contributed by atoms with Crippen LogP contribution >= 0.6 is 0 Å². The molecule has 0 aromatic heterocycles. The van der Waals surface area contributed by atoms with Gasteiger partial charge in [0.2, 0.25) is 0 Å². The van der Waals surface area contributed by atoms with E-state index in [1.54, 1.807) is 0 Å². The molecule has 2 aromatic carbocycles. The van der Waals surface area contributed by atoms with Crippen LogP contribution in [0.15, 0.2) is 42.5 Å². The number of anilines is 2. The van der Waals surface area contributed by atoms with Gasteiger partial charge in [-0.2, -0.15) is 0 Å². The Balaban J connectivity index is 1.83. The predicted molar refractivity (Wildman–Crippen MR) is 78.8 cm³/mol. The first-order valence-corrected chi connectivity index (χ1v) is 7.15. The summed E-state index contributed by atoms with van der Waals surface area (Å²) >= 11 is 0. The molecular weight excluding hydrogens is 251 g/mol. The zero-order valence-electron chi connectivity index (χ0n) is 11.2. The zero-order valence-corrected chi connectivity index (χ0v) is 11.2. The second-order valence-electron chi connectivity index (χ2n) is 5.74. The van der Waals surface area contributed by atoms with Gasteiger partial charge < -0.3 is 10.6 Å². The molecule has 1 aliphatic carbocycles. The third-order valence-corrected chi connectivity index (χ3v) is 4.59. The third-order valence-electron chi connectivity index (χ3n) is 4.59. The van der Waals surface area contributed by atoms with Crippen molar-refractivity contribution >= 4 is 11.4 Å². The van der Waals surface area contributed by atoms with Crippen molar-refractivity contribution in [3.8, 4) is 0 Å². The maximum absolute atomic E-state index is 13.1. The van der Waals surface area contributed by atoms with Crippen molar-refractivity contribution in [3.63, 3.8) is 0 Å². The monoisotopic (exact) mass is 268 g/mol. The highest BCUT2D eigenvalue weighted by Crippen LogP contribution is 2.50. The van der Waals surface area contributed by atoms with Crippen LogP contribution in [0.4, 0.5) is 15.8 Å². The first kappa shape index (κ1) is 11.9. The number of hydrogen-bond acceptors (Lipinski definition) is 2. The van der Waals surface area contributed by atoms with E-state index in [4.69, 9.17) is 5.73 Å². The Morgan fingerprint density at radius 2 is 1.90 bits per heavy atom. The van der Waals surface area contributed by atoms with Crippen molar-refractivity contribution < 1.29 is 4.39 Å². The maximum atomic E-state index is 13.1. The molecule has 1 aliphatic heterocycles. The molecule has 1 heterocycles. The minimum absolute atomic E-state index is 0.170. The molecule has 0 saturated heterocycles. The lowest BCUT2D eigenvalue weighted by molar-refractivity contribution is 0.557. The van der Waals surface area contributed by atoms with Crippen molar-refractivity contribution in [2.45, 2.75) is 24.8 Å². The van der Waals surface area contributed by atoms with Crippen LogP contribution in [0, 0.1) is 5.82 Å². The number of benzene rings is 2. The predicted octanol–water partition coefficient (Wildman–Crippen LogP) is 3.85. The Bertz CT molecular complexity index is 651. The van der Waals surface area contributed by atoms with Crippen molar-refractivity contribution in [1.29, 1.82) is 0 Å². The molecular formula is C17H17FN2. The van der Waals surface area contributed by atoms with Gasteiger partial charge in [-0.3, -0.25) is 0 Å². The van der Waals surface area contributed by atoms with Crippen molar-refractivity contribution in [3.05, 3.63) is 59.4 Å². The fourth-order valence-corrected chi connectivity index (χ4v) is 3.68. The standard InChI is InChI=1S/C17H17FN2/c18-12-4-6-13(7-5-12)20-9-8-11-10-15(19)14-2-1-3-16(20)17(11)14/h1-7,11,15H,8-10,19H2. The minimum atomic E-state index is -0.191. The third kappa shape index (κ3) is 1.66. The molecule has 3 heteroatoms. The summed E-state index contributed by atoms with van der Waals surface area (Å²) in [6.45, 7) is 0.972. The molecule has 2 N–H and O–H groups in total.